The van der Waals surface area contributed by atoms with E-state index in [1.165, 1.54) is 17.8 Å². The highest BCUT2D eigenvalue weighted by Gasteiger charge is 2.19. The molecule has 21 heavy (non-hydrogen) atoms. The molecule has 0 spiro atoms. The maximum Gasteiger partial charge on any atom is 0.283 e. The standard InChI is InChI=1S/C13H16N4O3S/c1-3-6-16-12(8-18)14-15-13(16)21-11-5-4-9(2)7-10(11)17(19)20/h4-5,7,18H,3,6,8H2,1-2H3. The first-order valence-corrected chi connectivity index (χ1v) is 7.34. The molecular weight excluding hydrogens is 292 g/mol. The lowest BCUT2D eigenvalue weighted by Crippen LogP contribution is -2.04. The molecule has 0 radical (unpaired) electrons. The third-order valence-electron chi connectivity index (χ3n) is 2.89. The Balaban J connectivity index is 2.38. The van der Waals surface area contributed by atoms with Crippen LogP contribution < -0.4 is 0 Å². The number of nitrogens with zero attached hydrogens (tertiary/aromatic N) is 4. The van der Waals surface area contributed by atoms with Crippen molar-refractivity contribution in [1.29, 1.82) is 0 Å². The van der Waals surface area contributed by atoms with Gasteiger partial charge in [0.1, 0.15) is 6.61 Å². The van der Waals surface area contributed by atoms with Crippen molar-refractivity contribution in [3.8, 4) is 0 Å². The maximum absolute atomic E-state index is 11.1. The number of benzene rings is 1. The lowest BCUT2D eigenvalue weighted by Gasteiger charge is -2.07. The molecular formula is C13H16N4O3S. The number of hydrogen-bond donors (Lipinski definition) is 1. The van der Waals surface area contributed by atoms with Gasteiger partial charge in [-0.25, -0.2) is 0 Å². The smallest absolute Gasteiger partial charge is 0.283 e. The molecule has 112 valence electrons. The van der Waals surface area contributed by atoms with Crippen LogP contribution in [0.1, 0.15) is 24.7 Å². The summed E-state index contributed by atoms with van der Waals surface area (Å²) in [6.45, 7) is 4.27. The zero-order chi connectivity index (χ0) is 15.4. The van der Waals surface area contributed by atoms with Gasteiger partial charge >= 0.3 is 0 Å². The summed E-state index contributed by atoms with van der Waals surface area (Å²) in [6, 6.07) is 5.07. The summed E-state index contributed by atoms with van der Waals surface area (Å²) in [5, 5.41) is 28.9. The van der Waals surface area contributed by atoms with Crippen LogP contribution in [-0.2, 0) is 13.2 Å². The third-order valence-corrected chi connectivity index (χ3v) is 3.94. The molecule has 0 atom stereocenters. The molecule has 0 aliphatic carbocycles. The Morgan fingerprint density at radius 1 is 1.43 bits per heavy atom. The minimum Gasteiger partial charge on any atom is -0.388 e. The minimum absolute atomic E-state index is 0.0524. The van der Waals surface area contributed by atoms with E-state index in [9.17, 15) is 15.2 Å². The van der Waals surface area contributed by atoms with Gasteiger partial charge in [-0.15, -0.1) is 10.2 Å². The van der Waals surface area contributed by atoms with Gasteiger partial charge in [-0.05, 0) is 36.7 Å². The van der Waals surface area contributed by atoms with Crippen LogP contribution in [0, 0.1) is 17.0 Å². The number of nitro groups is 1. The Hall–Kier alpha value is -1.93. The Bertz CT molecular complexity index is 657. The molecule has 1 aromatic heterocycles. The average molecular weight is 308 g/mol. The monoisotopic (exact) mass is 308 g/mol. The van der Waals surface area contributed by atoms with E-state index in [2.05, 4.69) is 10.2 Å². The first-order chi connectivity index (χ1) is 10.1. The second-order valence-corrected chi connectivity index (χ2v) is 5.55. The molecule has 8 heteroatoms. The fourth-order valence-electron chi connectivity index (χ4n) is 1.91. The molecule has 0 bridgehead atoms. The number of aryl methyl sites for hydroxylation is 1. The molecule has 1 heterocycles. The van der Waals surface area contributed by atoms with E-state index in [-0.39, 0.29) is 12.3 Å². The zero-order valence-electron chi connectivity index (χ0n) is 11.8. The molecule has 0 aliphatic rings. The van der Waals surface area contributed by atoms with Gasteiger partial charge in [0.2, 0.25) is 0 Å². The fraction of sp³-hybridized carbons (Fsp3) is 0.385. The molecule has 0 unspecified atom stereocenters. The van der Waals surface area contributed by atoms with E-state index in [0.717, 1.165) is 12.0 Å². The highest BCUT2D eigenvalue weighted by Crippen LogP contribution is 2.34. The first kappa shape index (κ1) is 15.5. The van der Waals surface area contributed by atoms with Gasteiger partial charge in [-0.2, -0.15) is 0 Å². The Kier molecular flexibility index (Phi) is 4.92. The normalized spacial score (nSPS) is 10.8. The summed E-state index contributed by atoms with van der Waals surface area (Å²) in [4.78, 5) is 11.3. The number of aromatic nitrogens is 3. The van der Waals surface area contributed by atoms with Gasteiger partial charge in [0, 0.05) is 12.6 Å². The molecule has 0 amide bonds. The summed E-state index contributed by atoms with van der Waals surface area (Å²) in [5.74, 6) is 0.467. The van der Waals surface area contributed by atoms with Crippen LogP contribution in [0.2, 0.25) is 0 Å². The van der Waals surface area contributed by atoms with E-state index in [1.807, 2.05) is 19.9 Å². The second kappa shape index (κ2) is 6.68. The first-order valence-electron chi connectivity index (χ1n) is 6.52. The average Bonchev–Trinajstić information content (AvgIpc) is 2.83. The quantitative estimate of drug-likeness (QED) is 0.651. The van der Waals surface area contributed by atoms with Crippen molar-refractivity contribution in [3.63, 3.8) is 0 Å². The number of nitro benzene ring substituents is 1. The summed E-state index contributed by atoms with van der Waals surface area (Å²) in [7, 11) is 0. The minimum atomic E-state index is -0.400. The van der Waals surface area contributed by atoms with Gasteiger partial charge in [0.05, 0.1) is 9.82 Å². The van der Waals surface area contributed by atoms with Crippen LogP contribution in [0.15, 0.2) is 28.3 Å². The number of hydrogen-bond acceptors (Lipinski definition) is 6. The van der Waals surface area contributed by atoms with Crippen molar-refractivity contribution in [3.05, 3.63) is 39.7 Å². The van der Waals surface area contributed by atoms with Crippen LogP contribution in [0.25, 0.3) is 0 Å². The van der Waals surface area contributed by atoms with E-state index < -0.39 is 4.92 Å². The molecule has 0 saturated heterocycles. The number of aliphatic hydroxyl groups is 1. The summed E-state index contributed by atoms with van der Waals surface area (Å²) in [5.41, 5.74) is 0.883. The molecule has 0 aliphatic heterocycles. The summed E-state index contributed by atoms with van der Waals surface area (Å²) in [6.07, 6.45) is 0.856. The highest BCUT2D eigenvalue weighted by atomic mass is 32.2. The van der Waals surface area contributed by atoms with Crippen molar-refractivity contribution >= 4 is 17.4 Å². The number of aliphatic hydroxyl groups excluding tert-OH is 1. The number of rotatable bonds is 6. The van der Waals surface area contributed by atoms with Crippen LogP contribution in [0.5, 0.6) is 0 Å². The molecule has 0 saturated carbocycles. The molecule has 0 fully saturated rings. The van der Waals surface area contributed by atoms with E-state index in [0.29, 0.717) is 22.4 Å². The lowest BCUT2D eigenvalue weighted by atomic mass is 10.2. The van der Waals surface area contributed by atoms with Crippen LogP contribution in [0.4, 0.5) is 5.69 Å². The molecule has 1 N–H and O–H groups in total. The van der Waals surface area contributed by atoms with Crippen molar-refractivity contribution in [1.82, 2.24) is 14.8 Å². The topological polar surface area (TPSA) is 94.1 Å². The maximum atomic E-state index is 11.1. The van der Waals surface area contributed by atoms with Gasteiger partial charge in [0.25, 0.3) is 5.69 Å². The SMILES string of the molecule is CCCn1c(CO)nnc1Sc1ccc(C)cc1[N+](=O)[O-]. The van der Waals surface area contributed by atoms with Gasteiger partial charge < -0.3 is 9.67 Å². The predicted octanol–water partition coefficient (Wildman–Crippen LogP) is 2.55. The van der Waals surface area contributed by atoms with Crippen LogP contribution in [-0.4, -0.2) is 24.8 Å². The van der Waals surface area contributed by atoms with Gasteiger partial charge in [0.15, 0.2) is 11.0 Å². The van der Waals surface area contributed by atoms with Crippen LogP contribution >= 0.6 is 11.8 Å². The molecule has 1 aromatic carbocycles. The zero-order valence-corrected chi connectivity index (χ0v) is 12.6. The summed E-state index contributed by atoms with van der Waals surface area (Å²) < 4.78 is 1.79. The van der Waals surface area contributed by atoms with E-state index in [4.69, 9.17) is 0 Å². The third kappa shape index (κ3) is 3.40. The van der Waals surface area contributed by atoms with Crippen molar-refractivity contribution < 1.29 is 10.0 Å². The van der Waals surface area contributed by atoms with E-state index in [1.54, 1.807) is 10.6 Å². The fourth-order valence-corrected chi connectivity index (χ4v) is 2.87. The lowest BCUT2D eigenvalue weighted by molar-refractivity contribution is -0.387. The molecule has 2 rings (SSSR count). The highest BCUT2D eigenvalue weighted by molar-refractivity contribution is 7.99. The molecule has 2 aromatic rings. The second-order valence-electron chi connectivity index (χ2n) is 4.54. The van der Waals surface area contributed by atoms with Crippen molar-refractivity contribution in [2.24, 2.45) is 0 Å². The Morgan fingerprint density at radius 2 is 2.19 bits per heavy atom. The van der Waals surface area contributed by atoms with Gasteiger partial charge in [-0.3, -0.25) is 10.1 Å². The predicted molar refractivity (Wildman–Crippen MR) is 78.2 cm³/mol. The Labute approximate surface area is 126 Å². The van der Waals surface area contributed by atoms with Crippen molar-refractivity contribution in [2.75, 3.05) is 0 Å². The van der Waals surface area contributed by atoms with Gasteiger partial charge in [-0.1, -0.05) is 13.0 Å². The van der Waals surface area contributed by atoms with Crippen LogP contribution in [0.3, 0.4) is 0 Å². The van der Waals surface area contributed by atoms with Crippen molar-refractivity contribution in [2.45, 2.75) is 43.5 Å². The molecule has 7 nitrogen and oxygen atoms in total. The summed E-state index contributed by atoms with van der Waals surface area (Å²) >= 11 is 1.19. The van der Waals surface area contributed by atoms with E-state index >= 15 is 0 Å². The largest absolute Gasteiger partial charge is 0.388 e. The Morgan fingerprint density at radius 3 is 2.81 bits per heavy atom.